The van der Waals surface area contributed by atoms with E-state index in [4.69, 9.17) is 0 Å². The fourth-order valence-electron chi connectivity index (χ4n) is 2.35. The lowest BCUT2D eigenvalue weighted by molar-refractivity contribution is 0.166. The van der Waals surface area contributed by atoms with Crippen LogP contribution in [-0.2, 0) is 10.3 Å². The number of hydrogen-bond donors (Lipinski definition) is 0. The summed E-state index contributed by atoms with van der Waals surface area (Å²) in [5.74, 6) is 0.640. The third kappa shape index (κ3) is 1.90. The SMILES string of the molecule is CC1CC(N=C=O)(c2cccc(Br)c2)C1. The Morgan fingerprint density at radius 3 is 2.80 bits per heavy atom. The van der Waals surface area contributed by atoms with Crippen molar-refractivity contribution in [2.45, 2.75) is 25.3 Å². The number of isocyanates is 1. The van der Waals surface area contributed by atoms with Crippen molar-refractivity contribution in [2.75, 3.05) is 0 Å². The fourth-order valence-corrected chi connectivity index (χ4v) is 2.75. The molecule has 1 aromatic carbocycles. The van der Waals surface area contributed by atoms with Gasteiger partial charge < -0.3 is 0 Å². The normalized spacial score (nSPS) is 29.1. The molecule has 3 heteroatoms. The van der Waals surface area contributed by atoms with E-state index >= 15 is 0 Å². The van der Waals surface area contributed by atoms with Gasteiger partial charge in [-0.2, -0.15) is 4.99 Å². The summed E-state index contributed by atoms with van der Waals surface area (Å²) in [5, 5.41) is 0. The van der Waals surface area contributed by atoms with Gasteiger partial charge in [-0.3, -0.25) is 0 Å². The van der Waals surface area contributed by atoms with Gasteiger partial charge in [-0.1, -0.05) is 35.0 Å². The van der Waals surface area contributed by atoms with Gasteiger partial charge in [0.05, 0.1) is 5.54 Å². The van der Waals surface area contributed by atoms with Crippen LogP contribution in [0.25, 0.3) is 0 Å². The van der Waals surface area contributed by atoms with Crippen LogP contribution in [-0.4, -0.2) is 6.08 Å². The lowest BCUT2D eigenvalue weighted by atomic mass is 9.66. The van der Waals surface area contributed by atoms with Crippen LogP contribution in [0.2, 0.25) is 0 Å². The summed E-state index contributed by atoms with van der Waals surface area (Å²) in [6, 6.07) is 8.01. The molecule has 2 nitrogen and oxygen atoms in total. The van der Waals surface area contributed by atoms with Crippen LogP contribution >= 0.6 is 15.9 Å². The van der Waals surface area contributed by atoms with Gasteiger partial charge in [0.1, 0.15) is 0 Å². The number of carbonyl (C=O) groups excluding carboxylic acids is 1. The molecule has 1 fully saturated rings. The maximum Gasteiger partial charge on any atom is 0.235 e. The van der Waals surface area contributed by atoms with Crippen LogP contribution in [0.5, 0.6) is 0 Å². The van der Waals surface area contributed by atoms with Gasteiger partial charge >= 0.3 is 0 Å². The lowest BCUT2D eigenvalue weighted by Crippen LogP contribution is -2.38. The van der Waals surface area contributed by atoms with E-state index in [9.17, 15) is 4.79 Å². The molecule has 0 atom stereocenters. The van der Waals surface area contributed by atoms with Crippen molar-refractivity contribution in [3.8, 4) is 0 Å². The fraction of sp³-hybridized carbons (Fsp3) is 0.417. The third-order valence-electron chi connectivity index (χ3n) is 2.99. The molecule has 0 N–H and O–H groups in total. The molecule has 0 unspecified atom stereocenters. The largest absolute Gasteiger partial charge is 0.235 e. The molecule has 0 spiro atoms. The van der Waals surface area contributed by atoms with Crippen LogP contribution in [0.3, 0.4) is 0 Å². The third-order valence-corrected chi connectivity index (χ3v) is 3.49. The topological polar surface area (TPSA) is 29.4 Å². The first kappa shape index (κ1) is 10.6. The highest BCUT2D eigenvalue weighted by atomic mass is 79.9. The monoisotopic (exact) mass is 265 g/mol. The van der Waals surface area contributed by atoms with Crippen molar-refractivity contribution >= 4 is 22.0 Å². The first-order chi connectivity index (χ1) is 7.16. The van der Waals surface area contributed by atoms with E-state index in [1.165, 1.54) is 0 Å². The van der Waals surface area contributed by atoms with Crippen LogP contribution < -0.4 is 0 Å². The second-order valence-electron chi connectivity index (χ2n) is 4.26. The van der Waals surface area contributed by atoms with E-state index in [0.717, 1.165) is 22.9 Å². The highest BCUT2D eigenvalue weighted by Gasteiger charge is 2.43. The highest BCUT2D eigenvalue weighted by Crippen LogP contribution is 2.48. The van der Waals surface area contributed by atoms with Gasteiger partial charge in [0, 0.05) is 4.47 Å². The Balaban J connectivity index is 2.38. The number of rotatable bonds is 2. The molecule has 78 valence electrons. The first-order valence-electron chi connectivity index (χ1n) is 5.01. The molecule has 0 aliphatic heterocycles. The highest BCUT2D eigenvalue weighted by molar-refractivity contribution is 9.10. The molecule has 0 saturated heterocycles. The molecule has 1 aliphatic carbocycles. The van der Waals surface area contributed by atoms with Crippen molar-refractivity contribution in [3.05, 3.63) is 34.3 Å². The summed E-state index contributed by atoms with van der Waals surface area (Å²) in [4.78, 5) is 14.5. The zero-order chi connectivity index (χ0) is 10.9. The molecule has 1 saturated carbocycles. The number of benzene rings is 1. The van der Waals surface area contributed by atoms with Crippen molar-refractivity contribution in [1.29, 1.82) is 0 Å². The first-order valence-corrected chi connectivity index (χ1v) is 5.81. The standard InChI is InChI=1S/C12H12BrNO/c1-9-6-12(7-9,14-8-15)10-3-2-4-11(13)5-10/h2-5,9H,6-7H2,1H3. The Morgan fingerprint density at radius 1 is 1.53 bits per heavy atom. The summed E-state index contributed by atoms with van der Waals surface area (Å²) in [6.45, 7) is 2.18. The quantitative estimate of drug-likeness (QED) is 0.595. The predicted octanol–water partition coefficient (Wildman–Crippen LogP) is 3.41. The average molecular weight is 266 g/mol. The molecule has 1 aliphatic rings. The van der Waals surface area contributed by atoms with Crippen molar-refractivity contribution < 1.29 is 4.79 Å². The Kier molecular flexibility index (Phi) is 2.76. The Labute approximate surface area is 97.5 Å². The van der Waals surface area contributed by atoms with Crippen LogP contribution in [0.4, 0.5) is 0 Å². The van der Waals surface area contributed by atoms with Gasteiger partial charge in [-0.15, -0.1) is 0 Å². The van der Waals surface area contributed by atoms with E-state index in [0.29, 0.717) is 5.92 Å². The second-order valence-corrected chi connectivity index (χ2v) is 5.17. The van der Waals surface area contributed by atoms with E-state index in [2.05, 4.69) is 27.8 Å². The van der Waals surface area contributed by atoms with Crippen molar-refractivity contribution in [1.82, 2.24) is 0 Å². The molecule has 2 rings (SSSR count). The van der Waals surface area contributed by atoms with Gasteiger partial charge in [0.15, 0.2) is 0 Å². The Bertz CT molecular complexity index is 417. The van der Waals surface area contributed by atoms with Gasteiger partial charge in [-0.05, 0) is 36.5 Å². The van der Waals surface area contributed by atoms with E-state index < -0.39 is 0 Å². The van der Waals surface area contributed by atoms with E-state index in [-0.39, 0.29) is 5.54 Å². The minimum atomic E-state index is -0.301. The molecule has 0 amide bonds. The number of nitrogens with zero attached hydrogens (tertiary/aromatic N) is 1. The summed E-state index contributed by atoms with van der Waals surface area (Å²) >= 11 is 3.43. The van der Waals surface area contributed by atoms with E-state index in [1.54, 1.807) is 6.08 Å². The average Bonchev–Trinajstić information content (AvgIpc) is 2.15. The number of aliphatic imine (C=N–C) groups is 1. The minimum Gasteiger partial charge on any atom is -0.211 e. The zero-order valence-corrected chi connectivity index (χ0v) is 10.1. The molecule has 0 bridgehead atoms. The Morgan fingerprint density at radius 2 is 2.27 bits per heavy atom. The minimum absolute atomic E-state index is 0.301. The van der Waals surface area contributed by atoms with Gasteiger partial charge in [-0.25, -0.2) is 4.79 Å². The predicted molar refractivity (Wildman–Crippen MR) is 62.3 cm³/mol. The molecule has 0 aromatic heterocycles. The zero-order valence-electron chi connectivity index (χ0n) is 8.53. The van der Waals surface area contributed by atoms with Crippen LogP contribution in [0, 0.1) is 5.92 Å². The maximum atomic E-state index is 10.5. The second kappa shape index (κ2) is 3.92. The maximum absolute atomic E-state index is 10.5. The van der Waals surface area contributed by atoms with Gasteiger partial charge in [0.2, 0.25) is 6.08 Å². The molecule has 15 heavy (non-hydrogen) atoms. The molecule has 0 radical (unpaired) electrons. The van der Waals surface area contributed by atoms with Crippen LogP contribution in [0.15, 0.2) is 33.7 Å². The molecule has 1 aromatic rings. The molecular weight excluding hydrogens is 254 g/mol. The van der Waals surface area contributed by atoms with Crippen molar-refractivity contribution in [2.24, 2.45) is 10.9 Å². The van der Waals surface area contributed by atoms with Crippen molar-refractivity contribution in [3.63, 3.8) is 0 Å². The summed E-state index contributed by atoms with van der Waals surface area (Å²) < 4.78 is 1.03. The number of hydrogen-bond acceptors (Lipinski definition) is 2. The molecule has 0 heterocycles. The summed E-state index contributed by atoms with van der Waals surface area (Å²) in [7, 11) is 0. The van der Waals surface area contributed by atoms with Gasteiger partial charge in [0.25, 0.3) is 0 Å². The number of halogens is 1. The smallest absolute Gasteiger partial charge is 0.211 e. The summed E-state index contributed by atoms with van der Waals surface area (Å²) in [6.07, 6.45) is 3.59. The Hall–Kier alpha value is -0.920. The van der Waals surface area contributed by atoms with Crippen LogP contribution in [0.1, 0.15) is 25.3 Å². The lowest BCUT2D eigenvalue weighted by Gasteiger charge is -2.42. The molecular formula is C12H12BrNO. The van der Waals surface area contributed by atoms with E-state index in [1.807, 2.05) is 24.3 Å². The summed E-state index contributed by atoms with van der Waals surface area (Å²) in [5.41, 5.74) is 0.809.